The first-order valence-corrected chi connectivity index (χ1v) is 8.56. The summed E-state index contributed by atoms with van der Waals surface area (Å²) in [5, 5.41) is 11.2. The Morgan fingerprint density at radius 1 is 1.25 bits per heavy atom. The maximum absolute atomic E-state index is 11.8. The van der Waals surface area contributed by atoms with Crippen LogP contribution in [0.3, 0.4) is 0 Å². The van der Waals surface area contributed by atoms with Crippen LogP contribution >= 0.6 is 11.3 Å². The lowest BCUT2D eigenvalue weighted by atomic mass is 10.2. The van der Waals surface area contributed by atoms with E-state index >= 15 is 0 Å². The number of aromatic nitrogens is 2. The summed E-state index contributed by atoms with van der Waals surface area (Å²) in [4.78, 5) is 31.8. The van der Waals surface area contributed by atoms with Crippen LogP contribution in [0, 0.1) is 6.92 Å². The van der Waals surface area contributed by atoms with Gasteiger partial charge in [-0.2, -0.15) is 0 Å². The molecule has 2 aromatic heterocycles. The van der Waals surface area contributed by atoms with E-state index in [9.17, 15) is 9.59 Å². The third-order valence-electron chi connectivity index (χ3n) is 3.25. The lowest BCUT2D eigenvalue weighted by Crippen LogP contribution is -2.41. The summed E-state index contributed by atoms with van der Waals surface area (Å²) in [6, 6.07) is 3.13. The molecule has 2 aromatic rings. The monoisotopic (exact) mass is 347 g/mol. The Balaban J connectivity index is 1.60. The molecule has 0 unspecified atom stereocenters. The minimum atomic E-state index is -0.259. The van der Waals surface area contributed by atoms with Gasteiger partial charge < -0.3 is 16.0 Å². The van der Waals surface area contributed by atoms with Crippen LogP contribution in [0.5, 0.6) is 0 Å². The van der Waals surface area contributed by atoms with Crippen molar-refractivity contribution in [1.82, 2.24) is 25.9 Å². The molecule has 1 atom stereocenters. The van der Waals surface area contributed by atoms with Gasteiger partial charge in [0.2, 0.25) is 0 Å². The highest BCUT2D eigenvalue weighted by atomic mass is 32.1. The number of aryl methyl sites for hydroxylation is 1. The third kappa shape index (κ3) is 5.62. The van der Waals surface area contributed by atoms with E-state index in [-0.39, 0.29) is 17.9 Å². The van der Waals surface area contributed by atoms with Crippen LogP contribution in [0.2, 0.25) is 0 Å². The van der Waals surface area contributed by atoms with Gasteiger partial charge in [-0.05, 0) is 19.1 Å². The van der Waals surface area contributed by atoms with Crippen molar-refractivity contribution >= 4 is 23.3 Å². The molecule has 3 amide bonds. The number of amides is 3. The molecule has 0 fully saturated rings. The number of urea groups is 1. The number of carbonyl (C=O) groups is 2. The molecule has 0 spiro atoms. The molecule has 3 N–H and O–H groups in total. The Morgan fingerprint density at radius 2 is 2.04 bits per heavy atom. The van der Waals surface area contributed by atoms with E-state index in [2.05, 4.69) is 25.9 Å². The van der Waals surface area contributed by atoms with Crippen LogP contribution < -0.4 is 16.0 Å². The first-order chi connectivity index (χ1) is 11.6. The van der Waals surface area contributed by atoms with Crippen LogP contribution in [-0.4, -0.2) is 41.5 Å². The molecule has 2 rings (SSSR count). The fourth-order valence-electron chi connectivity index (χ4n) is 1.95. The standard InChI is InChI=1S/C16H21N5O2S/c1-11(15-21-12(2)10-24-15)8-20-16(23)19-7-6-18-14(22)13-4-3-5-17-9-13/h3-5,9-11H,6-8H2,1-2H3,(H,18,22)(H2,19,20,23)/t11-/m0/s1. The molecule has 0 aromatic carbocycles. The van der Waals surface area contributed by atoms with Gasteiger partial charge in [0.25, 0.3) is 5.91 Å². The van der Waals surface area contributed by atoms with E-state index in [1.165, 1.54) is 6.20 Å². The molecule has 0 saturated heterocycles. The van der Waals surface area contributed by atoms with Crippen molar-refractivity contribution in [2.45, 2.75) is 19.8 Å². The molecular formula is C16H21N5O2S. The van der Waals surface area contributed by atoms with Crippen molar-refractivity contribution in [2.24, 2.45) is 0 Å². The van der Waals surface area contributed by atoms with Crippen molar-refractivity contribution in [3.8, 4) is 0 Å². The number of thiazole rings is 1. The van der Waals surface area contributed by atoms with Gasteiger partial charge in [0.1, 0.15) is 0 Å². The number of rotatable bonds is 7. The first kappa shape index (κ1) is 17.9. The zero-order valence-corrected chi connectivity index (χ0v) is 14.5. The Labute approximate surface area is 144 Å². The second-order valence-corrected chi connectivity index (χ2v) is 6.25. The molecule has 128 valence electrons. The van der Waals surface area contributed by atoms with E-state index < -0.39 is 0 Å². The highest BCUT2D eigenvalue weighted by molar-refractivity contribution is 7.09. The van der Waals surface area contributed by atoms with Gasteiger partial charge >= 0.3 is 6.03 Å². The summed E-state index contributed by atoms with van der Waals surface area (Å²) in [5.41, 5.74) is 1.49. The molecule has 0 radical (unpaired) electrons. The lowest BCUT2D eigenvalue weighted by molar-refractivity contribution is 0.0953. The quantitative estimate of drug-likeness (QED) is 0.664. The summed E-state index contributed by atoms with van der Waals surface area (Å²) in [7, 11) is 0. The SMILES string of the molecule is Cc1csc([C@@H](C)CNC(=O)NCCNC(=O)c2cccnc2)n1. The van der Waals surface area contributed by atoms with Gasteiger partial charge in [0, 0.05) is 49.0 Å². The molecular weight excluding hydrogens is 326 g/mol. The summed E-state index contributed by atoms with van der Waals surface area (Å²) in [6.45, 7) is 5.19. The fraction of sp³-hybridized carbons (Fsp3) is 0.375. The second-order valence-electron chi connectivity index (χ2n) is 5.36. The van der Waals surface area contributed by atoms with Crippen molar-refractivity contribution in [2.75, 3.05) is 19.6 Å². The van der Waals surface area contributed by atoms with E-state index in [4.69, 9.17) is 0 Å². The summed E-state index contributed by atoms with van der Waals surface area (Å²) in [6.07, 6.45) is 3.11. The molecule has 8 heteroatoms. The van der Waals surface area contributed by atoms with Gasteiger partial charge in [0.15, 0.2) is 0 Å². The average molecular weight is 347 g/mol. The van der Waals surface area contributed by atoms with Gasteiger partial charge in [-0.1, -0.05) is 6.92 Å². The van der Waals surface area contributed by atoms with Crippen LogP contribution in [0.25, 0.3) is 0 Å². The maximum Gasteiger partial charge on any atom is 0.314 e. The second kappa shape index (κ2) is 8.97. The summed E-state index contributed by atoms with van der Waals surface area (Å²) < 4.78 is 0. The number of nitrogens with zero attached hydrogens (tertiary/aromatic N) is 2. The topological polar surface area (TPSA) is 96.0 Å². The Bertz CT molecular complexity index is 674. The van der Waals surface area contributed by atoms with Gasteiger partial charge in [-0.25, -0.2) is 9.78 Å². The summed E-state index contributed by atoms with van der Waals surface area (Å²) >= 11 is 1.60. The molecule has 2 heterocycles. The molecule has 0 aliphatic carbocycles. The lowest BCUT2D eigenvalue weighted by Gasteiger charge is -2.11. The zero-order chi connectivity index (χ0) is 17.4. The number of hydrogen-bond donors (Lipinski definition) is 3. The molecule has 0 aliphatic heterocycles. The number of carbonyl (C=O) groups excluding carboxylic acids is 2. The van der Waals surface area contributed by atoms with Gasteiger partial charge in [0.05, 0.1) is 10.6 Å². The fourth-order valence-corrected chi connectivity index (χ4v) is 2.80. The number of nitrogens with one attached hydrogen (secondary N) is 3. The van der Waals surface area contributed by atoms with Crippen molar-refractivity contribution < 1.29 is 9.59 Å². The maximum atomic E-state index is 11.8. The average Bonchev–Trinajstić information content (AvgIpc) is 3.03. The largest absolute Gasteiger partial charge is 0.350 e. The molecule has 7 nitrogen and oxygen atoms in total. The van der Waals surface area contributed by atoms with Crippen LogP contribution in [0.1, 0.15) is 33.9 Å². The molecule has 0 bridgehead atoms. The normalized spacial score (nSPS) is 11.6. The Hall–Kier alpha value is -2.48. The van der Waals surface area contributed by atoms with Crippen molar-refractivity contribution in [3.05, 3.63) is 46.2 Å². The van der Waals surface area contributed by atoms with Crippen molar-refractivity contribution in [1.29, 1.82) is 0 Å². The minimum absolute atomic E-state index is 0.166. The Kier molecular flexibility index (Phi) is 6.68. The zero-order valence-electron chi connectivity index (χ0n) is 13.7. The molecule has 24 heavy (non-hydrogen) atoms. The van der Waals surface area contributed by atoms with E-state index in [1.54, 1.807) is 29.7 Å². The van der Waals surface area contributed by atoms with Gasteiger partial charge in [-0.15, -0.1) is 11.3 Å². The van der Waals surface area contributed by atoms with E-state index in [0.29, 0.717) is 25.2 Å². The Morgan fingerprint density at radius 3 is 2.71 bits per heavy atom. The van der Waals surface area contributed by atoms with Crippen LogP contribution in [0.4, 0.5) is 4.79 Å². The minimum Gasteiger partial charge on any atom is -0.350 e. The van der Waals surface area contributed by atoms with Crippen LogP contribution in [-0.2, 0) is 0 Å². The highest BCUT2D eigenvalue weighted by Crippen LogP contribution is 2.18. The van der Waals surface area contributed by atoms with E-state index in [0.717, 1.165) is 10.7 Å². The van der Waals surface area contributed by atoms with Crippen molar-refractivity contribution in [3.63, 3.8) is 0 Å². The third-order valence-corrected chi connectivity index (χ3v) is 4.44. The van der Waals surface area contributed by atoms with E-state index in [1.807, 2.05) is 19.2 Å². The number of hydrogen-bond acceptors (Lipinski definition) is 5. The molecule has 0 saturated carbocycles. The predicted octanol–water partition coefficient (Wildman–Crippen LogP) is 1.68. The first-order valence-electron chi connectivity index (χ1n) is 7.68. The van der Waals surface area contributed by atoms with Crippen LogP contribution in [0.15, 0.2) is 29.9 Å². The number of pyridine rings is 1. The highest BCUT2D eigenvalue weighted by Gasteiger charge is 2.11. The smallest absolute Gasteiger partial charge is 0.314 e. The summed E-state index contributed by atoms with van der Waals surface area (Å²) in [5.74, 6) is -0.0437. The molecule has 0 aliphatic rings. The van der Waals surface area contributed by atoms with Gasteiger partial charge in [-0.3, -0.25) is 9.78 Å². The predicted molar refractivity (Wildman–Crippen MR) is 93.2 cm³/mol.